The second-order valence-electron chi connectivity index (χ2n) is 4.02. The van der Waals surface area contributed by atoms with Crippen molar-refractivity contribution in [1.82, 2.24) is 0 Å². The molecule has 0 fully saturated rings. The average molecular weight is 332 g/mol. The summed E-state index contributed by atoms with van der Waals surface area (Å²) in [6.07, 6.45) is 0. The number of nitro benzene ring substituents is 1. The molecule has 0 aliphatic rings. The molecule has 1 N–H and O–H groups in total. The number of halogens is 3. The number of non-ortho nitro benzene ring substituents is 1. The lowest BCUT2D eigenvalue weighted by Gasteiger charge is -2.11. The summed E-state index contributed by atoms with van der Waals surface area (Å²) in [5, 5.41) is 14.9. The minimum atomic E-state index is -0.440. The number of nitrogens with one attached hydrogen (secondary N) is 1. The highest BCUT2D eigenvalue weighted by Gasteiger charge is 2.08. The van der Waals surface area contributed by atoms with Crippen LogP contribution < -0.4 is 5.32 Å². The van der Waals surface area contributed by atoms with Crippen LogP contribution in [-0.4, -0.2) is 4.92 Å². The molecule has 0 spiro atoms. The van der Waals surface area contributed by atoms with Gasteiger partial charge < -0.3 is 5.32 Å². The van der Waals surface area contributed by atoms with Crippen molar-refractivity contribution in [3.63, 3.8) is 0 Å². The van der Waals surface area contributed by atoms with Crippen LogP contribution in [0.3, 0.4) is 0 Å². The van der Waals surface area contributed by atoms with E-state index >= 15 is 0 Å². The van der Waals surface area contributed by atoms with Crippen LogP contribution in [0.15, 0.2) is 36.4 Å². The first-order valence-corrected chi connectivity index (χ1v) is 6.72. The van der Waals surface area contributed by atoms with E-state index < -0.39 is 4.92 Å². The van der Waals surface area contributed by atoms with Gasteiger partial charge in [0.15, 0.2) is 0 Å². The lowest BCUT2D eigenvalue weighted by molar-refractivity contribution is -0.384. The van der Waals surface area contributed by atoms with Gasteiger partial charge in [-0.3, -0.25) is 10.1 Å². The molecule has 0 aliphatic carbocycles. The zero-order valence-electron chi connectivity index (χ0n) is 10.1. The standard InChI is InChI=1S/C13H9Cl3N2O2/c14-9-5-11(15)13(12(16)6-9)17-7-8-1-3-10(4-2-8)18(19)20/h1-6,17H,7H2. The van der Waals surface area contributed by atoms with Gasteiger partial charge in [0.2, 0.25) is 0 Å². The van der Waals surface area contributed by atoms with Gasteiger partial charge in [-0.2, -0.15) is 0 Å². The second kappa shape index (κ2) is 6.31. The summed E-state index contributed by atoms with van der Waals surface area (Å²) in [6.45, 7) is 0.444. The molecular formula is C13H9Cl3N2O2. The maximum atomic E-state index is 10.6. The van der Waals surface area contributed by atoms with Gasteiger partial charge in [-0.05, 0) is 17.7 Å². The average Bonchev–Trinajstić information content (AvgIpc) is 2.38. The van der Waals surface area contributed by atoms with Crippen molar-refractivity contribution in [3.8, 4) is 0 Å². The molecule has 104 valence electrons. The Hall–Kier alpha value is -1.49. The molecule has 2 aromatic rings. The monoisotopic (exact) mass is 330 g/mol. The smallest absolute Gasteiger partial charge is 0.269 e. The van der Waals surface area contributed by atoms with E-state index in [1.165, 1.54) is 12.1 Å². The van der Waals surface area contributed by atoms with Gasteiger partial charge in [0.25, 0.3) is 5.69 Å². The van der Waals surface area contributed by atoms with Crippen LogP contribution in [-0.2, 0) is 6.54 Å². The Labute approximate surface area is 130 Å². The first kappa shape index (κ1) is 14.9. The predicted octanol–water partition coefficient (Wildman–Crippen LogP) is 5.17. The van der Waals surface area contributed by atoms with Crippen LogP contribution in [0.2, 0.25) is 15.1 Å². The molecule has 0 radical (unpaired) electrons. The normalized spacial score (nSPS) is 10.3. The number of nitrogens with zero attached hydrogens (tertiary/aromatic N) is 1. The third-order valence-corrected chi connectivity index (χ3v) is 3.44. The van der Waals surface area contributed by atoms with E-state index in [1.54, 1.807) is 24.3 Å². The zero-order valence-corrected chi connectivity index (χ0v) is 12.3. The number of benzene rings is 2. The summed E-state index contributed by atoms with van der Waals surface area (Å²) in [5.74, 6) is 0. The van der Waals surface area contributed by atoms with Crippen molar-refractivity contribution in [2.45, 2.75) is 6.54 Å². The number of anilines is 1. The van der Waals surface area contributed by atoms with Crippen molar-refractivity contribution in [2.24, 2.45) is 0 Å². The third kappa shape index (κ3) is 3.54. The quantitative estimate of drug-likeness (QED) is 0.621. The van der Waals surface area contributed by atoms with Crippen molar-refractivity contribution in [1.29, 1.82) is 0 Å². The fraction of sp³-hybridized carbons (Fsp3) is 0.0769. The molecule has 0 bridgehead atoms. The van der Waals surface area contributed by atoms with E-state index in [0.717, 1.165) is 5.56 Å². The van der Waals surface area contributed by atoms with Crippen LogP contribution in [0.4, 0.5) is 11.4 Å². The van der Waals surface area contributed by atoms with Crippen LogP contribution in [0.5, 0.6) is 0 Å². The van der Waals surface area contributed by atoms with Crippen LogP contribution in [0.1, 0.15) is 5.56 Å². The Morgan fingerprint density at radius 3 is 2.10 bits per heavy atom. The van der Waals surface area contributed by atoms with Crippen molar-refractivity contribution < 1.29 is 4.92 Å². The molecule has 0 aromatic heterocycles. The van der Waals surface area contributed by atoms with E-state index in [2.05, 4.69) is 5.32 Å². The van der Waals surface area contributed by atoms with Gasteiger partial charge >= 0.3 is 0 Å². The minimum absolute atomic E-state index is 0.0521. The van der Waals surface area contributed by atoms with Crippen molar-refractivity contribution in [3.05, 3.63) is 67.1 Å². The van der Waals surface area contributed by atoms with E-state index in [1.807, 2.05) is 0 Å². The molecule has 0 heterocycles. The number of hydrogen-bond acceptors (Lipinski definition) is 3. The maximum Gasteiger partial charge on any atom is 0.269 e. The van der Waals surface area contributed by atoms with Gasteiger partial charge in [-0.15, -0.1) is 0 Å². The Morgan fingerprint density at radius 2 is 1.60 bits per heavy atom. The topological polar surface area (TPSA) is 55.2 Å². The van der Waals surface area contributed by atoms with Crippen LogP contribution in [0.25, 0.3) is 0 Å². The molecule has 20 heavy (non-hydrogen) atoms. The number of hydrogen-bond donors (Lipinski definition) is 1. The molecule has 2 aromatic carbocycles. The van der Waals surface area contributed by atoms with E-state index in [4.69, 9.17) is 34.8 Å². The minimum Gasteiger partial charge on any atom is -0.379 e. The first-order valence-electron chi connectivity index (χ1n) is 5.59. The molecule has 0 saturated heterocycles. The highest BCUT2D eigenvalue weighted by atomic mass is 35.5. The fourth-order valence-electron chi connectivity index (χ4n) is 1.64. The Bertz CT molecular complexity index is 622. The van der Waals surface area contributed by atoms with Gasteiger partial charge in [-0.1, -0.05) is 46.9 Å². The SMILES string of the molecule is O=[N+]([O-])c1ccc(CNc2c(Cl)cc(Cl)cc2Cl)cc1. The largest absolute Gasteiger partial charge is 0.379 e. The lowest BCUT2D eigenvalue weighted by Crippen LogP contribution is -2.01. The second-order valence-corrected chi connectivity index (χ2v) is 5.27. The zero-order chi connectivity index (χ0) is 14.7. The summed E-state index contributed by atoms with van der Waals surface area (Å²) in [5.41, 5.74) is 1.50. The maximum absolute atomic E-state index is 10.6. The first-order chi connectivity index (χ1) is 9.47. The highest BCUT2D eigenvalue weighted by molar-refractivity contribution is 6.41. The van der Waals surface area contributed by atoms with Gasteiger partial charge in [0.05, 0.1) is 20.7 Å². The molecule has 0 saturated carbocycles. The summed E-state index contributed by atoms with van der Waals surface area (Å²) in [7, 11) is 0. The molecule has 7 heteroatoms. The van der Waals surface area contributed by atoms with Crippen molar-refractivity contribution in [2.75, 3.05) is 5.32 Å². The Balaban J connectivity index is 2.11. The Kier molecular flexibility index (Phi) is 4.70. The summed E-state index contributed by atoms with van der Waals surface area (Å²) in [4.78, 5) is 10.1. The molecule has 0 amide bonds. The van der Waals surface area contributed by atoms with Gasteiger partial charge in [0, 0.05) is 23.7 Å². The van der Waals surface area contributed by atoms with E-state index in [0.29, 0.717) is 27.3 Å². The number of nitro groups is 1. The summed E-state index contributed by atoms with van der Waals surface area (Å²) in [6, 6.07) is 9.41. The highest BCUT2D eigenvalue weighted by Crippen LogP contribution is 2.33. The van der Waals surface area contributed by atoms with E-state index in [9.17, 15) is 10.1 Å². The van der Waals surface area contributed by atoms with E-state index in [-0.39, 0.29) is 5.69 Å². The number of rotatable bonds is 4. The predicted molar refractivity (Wildman–Crippen MR) is 81.9 cm³/mol. The molecule has 0 aliphatic heterocycles. The Morgan fingerprint density at radius 1 is 1.05 bits per heavy atom. The third-order valence-electron chi connectivity index (χ3n) is 2.62. The molecule has 2 rings (SSSR count). The fourth-order valence-corrected chi connectivity index (χ4v) is 2.59. The van der Waals surface area contributed by atoms with Crippen LogP contribution >= 0.6 is 34.8 Å². The molecule has 0 unspecified atom stereocenters. The van der Waals surface area contributed by atoms with Gasteiger partial charge in [-0.25, -0.2) is 0 Å². The van der Waals surface area contributed by atoms with Gasteiger partial charge in [0.1, 0.15) is 0 Å². The molecule has 0 atom stereocenters. The van der Waals surface area contributed by atoms with Crippen molar-refractivity contribution >= 4 is 46.2 Å². The summed E-state index contributed by atoms with van der Waals surface area (Å²) < 4.78 is 0. The van der Waals surface area contributed by atoms with Crippen LogP contribution in [0, 0.1) is 10.1 Å². The lowest BCUT2D eigenvalue weighted by atomic mass is 10.2. The summed E-state index contributed by atoms with van der Waals surface area (Å²) >= 11 is 17.9. The molecule has 4 nitrogen and oxygen atoms in total. The molecular weight excluding hydrogens is 323 g/mol.